The average Bonchev–Trinajstić information content (AvgIpc) is 2.94. The van der Waals surface area contributed by atoms with Crippen molar-refractivity contribution in [3.8, 4) is 34.0 Å². The maximum atomic E-state index is 15.3. The van der Waals surface area contributed by atoms with Gasteiger partial charge in [-0.15, -0.1) is 0 Å². The molecular weight excluding hydrogens is 473 g/mol. The second kappa shape index (κ2) is 11.1. The molecule has 1 aromatic heterocycles. The zero-order chi connectivity index (χ0) is 25.8. The smallest absolute Gasteiger partial charge is 0.261 e. The van der Waals surface area contributed by atoms with Crippen LogP contribution in [0.3, 0.4) is 0 Å². The highest BCUT2D eigenvalue weighted by Crippen LogP contribution is 2.29. The standard InChI is InChI=1S/C29H30FN3O4/c1-36-22-6-2-5-20(14-22)21-7-10-27-25(15-21)29(35)33(18-19-4-3-11-31-17-19)28(32-27)24-9-8-23(16-26(24)30)37-13-12-34/h2,5-10,14-16,19,31,34H,3-4,11-13,17-18H2,1H3. The van der Waals surface area contributed by atoms with Gasteiger partial charge in [0.15, 0.2) is 0 Å². The number of halogens is 1. The molecule has 1 fully saturated rings. The van der Waals surface area contributed by atoms with E-state index in [1.165, 1.54) is 6.07 Å². The first-order chi connectivity index (χ1) is 18.1. The normalized spacial score (nSPS) is 15.6. The van der Waals surface area contributed by atoms with Gasteiger partial charge in [0, 0.05) is 12.6 Å². The maximum Gasteiger partial charge on any atom is 0.261 e. The van der Waals surface area contributed by atoms with Gasteiger partial charge >= 0.3 is 0 Å². The molecule has 0 amide bonds. The lowest BCUT2D eigenvalue weighted by Gasteiger charge is -2.25. The molecule has 1 aliphatic rings. The fourth-order valence-electron chi connectivity index (χ4n) is 4.85. The Bertz CT molecular complexity index is 1460. The topological polar surface area (TPSA) is 85.6 Å². The summed E-state index contributed by atoms with van der Waals surface area (Å²) in [4.78, 5) is 18.7. The second-order valence-electron chi connectivity index (χ2n) is 9.24. The number of hydrogen-bond donors (Lipinski definition) is 2. The minimum atomic E-state index is -0.537. The third kappa shape index (κ3) is 5.35. The molecule has 3 aromatic carbocycles. The van der Waals surface area contributed by atoms with Gasteiger partial charge in [-0.1, -0.05) is 18.2 Å². The van der Waals surface area contributed by atoms with Crippen molar-refractivity contribution < 1.29 is 19.0 Å². The van der Waals surface area contributed by atoms with E-state index in [1.807, 2.05) is 36.4 Å². The molecule has 7 nitrogen and oxygen atoms in total. The Morgan fingerprint density at radius 2 is 1.97 bits per heavy atom. The molecule has 2 heterocycles. The number of piperidine rings is 1. The van der Waals surface area contributed by atoms with Crippen molar-refractivity contribution in [1.29, 1.82) is 0 Å². The van der Waals surface area contributed by atoms with Gasteiger partial charge in [-0.25, -0.2) is 9.37 Å². The third-order valence-electron chi connectivity index (χ3n) is 6.74. The monoisotopic (exact) mass is 503 g/mol. The highest BCUT2D eigenvalue weighted by atomic mass is 19.1. The first kappa shape index (κ1) is 24.9. The highest BCUT2D eigenvalue weighted by molar-refractivity contribution is 5.85. The van der Waals surface area contributed by atoms with Crippen LogP contribution in [-0.2, 0) is 6.54 Å². The van der Waals surface area contributed by atoms with Crippen LogP contribution in [0.25, 0.3) is 33.4 Å². The Balaban J connectivity index is 1.64. The maximum absolute atomic E-state index is 15.3. The Morgan fingerprint density at radius 3 is 2.73 bits per heavy atom. The number of nitrogens with zero attached hydrogens (tertiary/aromatic N) is 2. The molecule has 0 aliphatic carbocycles. The number of nitrogens with one attached hydrogen (secondary N) is 1. The van der Waals surface area contributed by atoms with E-state index in [4.69, 9.17) is 19.6 Å². The lowest BCUT2D eigenvalue weighted by molar-refractivity contribution is 0.201. The molecular formula is C29H30FN3O4. The third-order valence-corrected chi connectivity index (χ3v) is 6.74. The summed E-state index contributed by atoms with van der Waals surface area (Å²) >= 11 is 0. The molecule has 2 N–H and O–H groups in total. The van der Waals surface area contributed by atoms with Gasteiger partial charge in [-0.05, 0) is 79.4 Å². The molecule has 0 saturated carbocycles. The number of rotatable bonds is 8. The average molecular weight is 504 g/mol. The van der Waals surface area contributed by atoms with Crippen LogP contribution in [0.2, 0.25) is 0 Å². The van der Waals surface area contributed by atoms with Crippen molar-refractivity contribution in [2.75, 3.05) is 33.4 Å². The number of aliphatic hydroxyl groups is 1. The largest absolute Gasteiger partial charge is 0.497 e. The van der Waals surface area contributed by atoms with Crippen molar-refractivity contribution in [2.24, 2.45) is 5.92 Å². The van der Waals surface area contributed by atoms with Crippen LogP contribution in [0, 0.1) is 11.7 Å². The van der Waals surface area contributed by atoms with Gasteiger partial charge in [0.25, 0.3) is 5.56 Å². The quantitative estimate of drug-likeness (QED) is 0.374. The zero-order valence-electron chi connectivity index (χ0n) is 20.7. The summed E-state index contributed by atoms with van der Waals surface area (Å²) in [5.74, 6) is 1.04. The Morgan fingerprint density at radius 1 is 1.11 bits per heavy atom. The van der Waals surface area contributed by atoms with Gasteiger partial charge in [-0.2, -0.15) is 0 Å². The second-order valence-corrected chi connectivity index (χ2v) is 9.24. The number of ether oxygens (including phenoxy) is 2. The number of aromatic nitrogens is 2. The molecule has 1 aliphatic heterocycles. The van der Waals surface area contributed by atoms with Crippen LogP contribution < -0.4 is 20.3 Å². The molecule has 37 heavy (non-hydrogen) atoms. The van der Waals surface area contributed by atoms with Crippen LogP contribution in [0.5, 0.6) is 11.5 Å². The first-order valence-electron chi connectivity index (χ1n) is 12.5. The van der Waals surface area contributed by atoms with Crippen LogP contribution in [-0.4, -0.2) is 48.1 Å². The molecule has 1 unspecified atom stereocenters. The zero-order valence-corrected chi connectivity index (χ0v) is 20.7. The van der Waals surface area contributed by atoms with Crippen LogP contribution in [0.15, 0.2) is 65.5 Å². The Labute approximate surface area is 214 Å². The molecule has 0 spiro atoms. The summed E-state index contributed by atoms with van der Waals surface area (Å²) in [6.45, 7) is 2.10. The summed E-state index contributed by atoms with van der Waals surface area (Å²) in [5.41, 5.74) is 2.34. The number of hydrogen-bond acceptors (Lipinski definition) is 6. The van der Waals surface area contributed by atoms with Crippen LogP contribution >= 0.6 is 0 Å². The number of aliphatic hydroxyl groups excluding tert-OH is 1. The molecule has 8 heteroatoms. The van der Waals surface area contributed by atoms with Crippen LogP contribution in [0.1, 0.15) is 12.8 Å². The number of fused-ring (bicyclic) bond motifs is 1. The number of benzene rings is 3. The van der Waals surface area contributed by atoms with Gasteiger partial charge < -0.3 is 19.9 Å². The van der Waals surface area contributed by atoms with E-state index in [9.17, 15) is 4.79 Å². The van der Waals surface area contributed by atoms with E-state index >= 15 is 4.39 Å². The first-order valence-corrected chi connectivity index (χ1v) is 12.5. The van der Waals surface area contributed by atoms with Crippen molar-refractivity contribution in [3.63, 3.8) is 0 Å². The van der Waals surface area contributed by atoms with E-state index in [0.717, 1.165) is 42.8 Å². The molecule has 5 rings (SSSR count). The van der Waals surface area contributed by atoms with Gasteiger partial charge in [-0.3, -0.25) is 9.36 Å². The summed E-state index contributed by atoms with van der Waals surface area (Å²) in [6.07, 6.45) is 2.01. The molecule has 192 valence electrons. The fraction of sp³-hybridized carbons (Fsp3) is 0.310. The highest BCUT2D eigenvalue weighted by Gasteiger charge is 2.21. The molecule has 0 bridgehead atoms. The predicted octanol–water partition coefficient (Wildman–Crippen LogP) is 4.25. The summed E-state index contributed by atoms with van der Waals surface area (Å²) in [6, 6.07) is 17.7. The van der Waals surface area contributed by atoms with E-state index in [0.29, 0.717) is 29.0 Å². The predicted molar refractivity (Wildman–Crippen MR) is 142 cm³/mol. The molecule has 1 atom stereocenters. The minimum absolute atomic E-state index is 0.0714. The Kier molecular flexibility index (Phi) is 7.48. The fourth-order valence-corrected chi connectivity index (χ4v) is 4.85. The van der Waals surface area contributed by atoms with Gasteiger partial charge in [0.2, 0.25) is 0 Å². The lowest BCUT2D eigenvalue weighted by atomic mass is 9.99. The van der Waals surface area contributed by atoms with Gasteiger partial charge in [0.05, 0.1) is 30.2 Å². The number of methoxy groups -OCH3 is 1. The van der Waals surface area contributed by atoms with E-state index in [1.54, 1.807) is 29.9 Å². The van der Waals surface area contributed by atoms with Crippen molar-refractivity contribution >= 4 is 10.9 Å². The summed E-state index contributed by atoms with van der Waals surface area (Å²) in [7, 11) is 1.62. The molecule has 1 saturated heterocycles. The summed E-state index contributed by atoms with van der Waals surface area (Å²) < 4.78 is 27.6. The van der Waals surface area contributed by atoms with Crippen molar-refractivity contribution in [1.82, 2.24) is 14.9 Å². The molecule has 0 radical (unpaired) electrons. The van der Waals surface area contributed by atoms with Crippen molar-refractivity contribution in [2.45, 2.75) is 19.4 Å². The SMILES string of the molecule is COc1cccc(-c2ccc3nc(-c4ccc(OCCO)cc4F)n(CC4CCCNC4)c(=O)c3c2)c1. The van der Waals surface area contributed by atoms with Crippen LogP contribution in [0.4, 0.5) is 4.39 Å². The van der Waals surface area contributed by atoms with E-state index < -0.39 is 5.82 Å². The van der Waals surface area contributed by atoms with E-state index in [-0.39, 0.29) is 30.3 Å². The molecule has 4 aromatic rings. The van der Waals surface area contributed by atoms with Crippen molar-refractivity contribution in [3.05, 3.63) is 76.8 Å². The minimum Gasteiger partial charge on any atom is -0.497 e. The van der Waals surface area contributed by atoms with Gasteiger partial charge in [0.1, 0.15) is 29.7 Å². The van der Waals surface area contributed by atoms with E-state index in [2.05, 4.69) is 5.32 Å². The summed E-state index contributed by atoms with van der Waals surface area (Å²) in [5, 5.41) is 12.9. The Hall–Kier alpha value is -3.75. The lowest BCUT2D eigenvalue weighted by Crippen LogP contribution is -2.35.